The number of rotatable bonds is 4. The fourth-order valence-corrected chi connectivity index (χ4v) is 3.28. The van der Waals surface area contributed by atoms with E-state index in [1.807, 2.05) is 26.1 Å². The molecular weight excluding hydrogens is 274 g/mol. The highest BCUT2D eigenvalue weighted by Gasteiger charge is 2.27. The summed E-state index contributed by atoms with van der Waals surface area (Å²) in [7, 11) is 0. The van der Waals surface area contributed by atoms with Crippen LogP contribution in [0.3, 0.4) is 0 Å². The van der Waals surface area contributed by atoms with Gasteiger partial charge in [-0.05, 0) is 52.8 Å². The van der Waals surface area contributed by atoms with Crippen LogP contribution in [0, 0.1) is 13.8 Å². The average Bonchev–Trinajstić information content (AvgIpc) is 3.07. The third-order valence-corrected chi connectivity index (χ3v) is 4.26. The smallest absolute Gasteiger partial charge is 0.133 e. The molecule has 0 aromatic carbocycles. The van der Waals surface area contributed by atoms with Crippen LogP contribution in [-0.4, -0.2) is 37.7 Å². The molecule has 5 heteroatoms. The van der Waals surface area contributed by atoms with Gasteiger partial charge in [0.15, 0.2) is 0 Å². The van der Waals surface area contributed by atoms with Crippen LogP contribution in [0.15, 0.2) is 18.3 Å². The molecule has 0 aliphatic carbocycles. The van der Waals surface area contributed by atoms with Crippen LogP contribution in [0.4, 0.5) is 0 Å². The maximum Gasteiger partial charge on any atom is 0.133 e. The van der Waals surface area contributed by atoms with Crippen molar-refractivity contribution < 1.29 is 0 Å². The standard InChI is InChI=1S/C17H25N5/c1-12(2)22-16(5-7-18-22)11-21-8-6-15(10-21)17-19-13(3)9-14(4)20-17/h5,7,9,12,15H,6,8,10-11H2,1-4H3/t15-/m1/s1. The summed E-state index contributed by atoms with van der Waals surface area (Å²) in [5.41, 5.74) is 3.43. The first kappa shape index (κ1) is 15.2. The predicted octanol–water partition coefficient (Wildman–Crippen LogP) is 2.86. The van der Waals surface area contributed by atoms with E-state index in [9.17, 15) is 0 Å². The van der Waals surface area contributed by atoms with E-state index in [-0.39, 0.29) is 0 Å². The molecule has 3 heterocycles. The Bertz CT molecular complexity index is 626. The summed E-state index contributed by atoms with van der Waals surface area (Å²) in [6.07, 6.45) is 3.04. The molecule has 0 radical (unpaired) electrons. The van der Waals surface area contributed by atoms with Gasteiger partial charge in [0.05, 0.1) is 5.69 Å². The van der Waals surface area contributed by atoms with Crippen molar-refractivity contribution >= 4 is 0 Å². The quantitative estimate of drug-likeness (QED) is 0.871. The molecule has 0 saturated carbocycles. The number of likely N-dealkylation sites (tertiary alicyclic amines) is 1. The monoisotopic (exact) mass is 299 g/mol. The minimum atomic E-state index is 0.408. The number of nitrogens with zero attached hydrogens (tertiary/aromatic N) is 5. The van der Waals surface area contributed by atoms with Crippen LogP contribution in [0.1, 0.15) is 55.1 Å². The lowest BCUT2D eigenvalue weighted by Gasteiger charge is -2.18. The van der Waals surface area contributed by atoms with Gasteiger partial charge in [0, 0.05) is 42.6 Å². The van der Waals surface area contributed by atoms with E-state index in [0.717, 1.165) is 43.3 Å². The molecule has 1 saturated heterocycles. The van der Waals surface area contributed by atoms with Crippen LogP contribution >= 0.6 is 0 Å². The van der Waals surface area contributed by atoms with Gasteiger partial charge < -0.3 is 0 Å². The number of aryl methyl sites for hydroxylation is 2. The first-order valence-electron chi connectivity index (χ1n) is 8.10. The Labute approximate surface area is 132 Å². The van der Waals surface area contributed by atoms with Gasteiger partial charge >= 0.3 is 0 Å². The molecule has 5 nitrogen and oxygen atoms in total. The normalized spacial score (nSPS) is 19.2. The highest BCUT2D eigenvalue weighted by atomic mass is 15.3. The summed E-state index contributed by atoms with van der Waals surface area (Å²) in [5.74, 6) is 1.46. The summed E-state index contributed by atoms with van der Waals surface area (Å²) in [4.78, 5) is 11.8. The largest absolute Gasteiger partial charge is 0.297 e. The fraction of sp³-hybridized carbons (Fsp3) is 0.588. The molecule has 2 aromatic rings. The lowest BCUT2D eigenvalue weighted by molar-refractivity contribution is 0.309. The van der Waals surface area contributed by atoms with Gasteiger partial charge in [-0.15, -0.1) is 0 Å². The topological polar surface area (TPSA) is 46.8 Å². The number of hydrogen-bond acceptors (Lipinski definition) is 4. The maximum atomic E-state index is 4.64. The van der Waals surface area contributed by atoms with E-state index in [1.165, 1.54) is 5.69 Å². The van der Waals surface area contributed by atoms with Gasteiger partial charge in [0.2, 0.25) is 0 Å². The Morgan fingerprint density at radius 3 is 2.64 bits per heavy atom. The van der Waals surface area contributed by atoms with E-state index in [2.05, 4.69) is 44.6 Å². The zero-order valence-corrected chi connectivity index (χ0v) is 14.0. The Kier molecular flexibility index (Phi) is 4.25. The Balaban J connectivity index is 1.68. The molecule has 3 rings (SSSR count). The molecule has 22 heavy (non-hydrogen) atoms. The number of hydrogen-bond donors (Lipinski definition) is 0. The summed E-state index contributed by atoms with van der Waals surface area (Å²) in [6, 6.07) is 4.57. The third kappa shape index (κ3) is 3.19. The van der Waals surface area contributed by atoms with Crippen LogP contribution < -0.4 is 0 Å². The number of aromatic nitrogens is 4. The second kappa shape index (κ2) is 6.16. The van der Waals surface area contributed by atoms with Crippen LogP contribution in [0.2, 0.25) is 0 Å². The van der Waals surface area contributed by atoms with Crippen molar-refractivity contribution in [3.63, 3.8) is 0 Å². The molecule has 2 aromatic heterocycles. The van der Waals surface area contributed by atoms with Crippen LogP contribution in [0.5, 0.6) is 0 Å². The zero-order chi connectivity index (χ0) is 15.7. The van der Waals surface area contributed by atoms with Gasteiger partial charge in [-0.25, -0.2) is 9.97 Å². The molecular formula is C17H25N5. The Morgan fingerprint density at radius 2 is 1.95 bits per heavy atom. The van der Waals surface area contributed by atoms with E-state index in [0.29, 0.717) is 12.0 Å². The Morgan fingerprint density at radius 1 is 1.23 bits per heavy atom. The third-order valence-electron chi connectivity index (χ3n) is 4.26. The first-order valence-corrected chi connectivity index (χ1v) is 8.10. The van der Waals surface area contributed by atoms with E-state index in [4.69, 9.17) is 0 Å². The molecule has 1 fully saturated rings. The molecule has 118 valence electrons. The van der Waals surface area contributed by atoms with Crippen molar-refractivity contribution in [1.82, 2.24) is 24.6 Å². The molecule has 0 N–H and O–H groups in total. The van der Waals surface area contributed by atoms with E-state index < -0.39 is 0 Å². The molecule has 0 unspecified atom stereocenters. The van der Waals surface area contributed by atoms with Gasteiger partial charge in [-0.3, -0.25) is 9.58 Å². The average molecular weight is 299 g/mol. The second-order valence-electron chi connectivity index (χ2n) is 6.59. The minimum Gasteiger partial charge on any atom is -0.297 e. The fourth-order valence-electron chi connectivity index (χ4n) is 3.28. The van der Waals surface area contributed by atoms with E-state index >= 15 is 0 Å². The highest BCUT2D eigenvalue weighted by Crippen LogP contribution is 2.26. The van der Waals surface area contributed by atoms with Crippen LogP contribution in [0.25, 0.3) is 0 Å². The predicted molar refractivity (Wildman–Crippen MR) is 86.8 cm³/mol. The van der Waals surface area contributed by atoms with Gasteiger partial charge in [0.25, 0.3) is 0 Å². The van der Waals surface area contributed by atoms with Gasteiger partial charge in [-0.1, -0.05) is 0 Å². The molecule has 0 spiro atoms. The van der Waals surface area contributed by atoms with E-state index in [1.54, 1.807) is 0 Å². The Hall–Kier alpha value is -1.75. The summed E-state index contributed by atoms with van der Waals surface area (Å²) in [6.45, 7) is 11.5. The second-order valence-corrected chi connectivity index (χ2v) is 6.59. The van der Waals surface area contributed by atoms with Crippen molar-refractivity contribution in [2.24, 2.45) is 0 Å². The minimum absolute atomic E-state index is 0.408. The van der Waals surface area contributed by atoms with Crippen molar-refractivity contribution in [1.29, 1.82) is 0 Å². The highest BCUT2D eigenvalue weighted by molar-refractivity contribution is 5.12. The van der Waals surface area contributed by atoms with Crippen LogP contribution in [-0.2, 0) is 6.54 Å². The van der Waals surface area contributed by atoms with Crippen molar-refractivity contribution in [2.75, 3.05) is 13.1 Å². The maximum absolute atomic E-state index is 4.64. The van der Waals surface area contributed by atoms with Gasteiger partial charge in [0.1, 0.15) is 5.82 Å². The molecule has 1 aliphatic heterocycles. The lowest BCUT2D eigenvalue weighted by atomic mass is 10.1. The summed E-state index contributed by atoms with van der Waals surface area (Å²) in [5, 5.41) is 4.42. The molecule has 0 bridgehead atoms. The molecule has 1 aliphatic rings. The zero-order valence-electron chi connectivity index (χ0n) is 14.0. The van der Waals surface area contributed by atoms with Crippen molar-refractivity contribution in [3.05, 3.63) is 41.2 Å². The van der Waals surface area contributed by atoms with Crippen molar-refractivity contribution in [2.45, 2.75) is 52.6 Å². The lowest BCUT2D eigenvalue weighted by Crippen LogP contribution is -2.23. The molecule has 0 amide bonds. The first-order chi connectivity index (χ1) is 10.5. The summed E-state index contributed by atoms with van der Waals surface area (Å²) < 4.78 is 2.11. The van der Waals surface area contributed by atoms with Crippen molar-refractivity contribution in [3.8, 4) is 0 Å². The molecule has 1 atom stereocenters. The summed E-state index contributed by atoms with van der Waals surface area (Å²) >= 11 is 0. The SMILES string of the molecule is Cc1cc(C)nc([C@@H]2CCN(Cc3ccnn3C(C)C)C2)n1. The van der Waals surface area contributed by atoms with Gasteiger partial charge in [-0.2, -0.15) is 5.10 Å².